The van der Waals surface area contributed by atoms with E-state index >= 15 is 0 Å². The molecule has 0 aromatic heterocycles. The van der Waals surface area contributed by atoms with Gasteiger partial charge in [-0.3, -0.25) is 9.68 Å². The Kier molecular flexibility index (Phi) is 7.64. The van der Waals surface area contributed by atoms with Crippen LogP contribution < -0.4 is 5.32 Å². The lowest BCUT2D eigenvalue weighted by Crippen LogP contribution is -2.22. The Morgan fingerprint density at radius 2 is 1.95 bits per heavy atom. The van der Waals surface area contributed by atoms with Crippen molar-refractivity contribution in [3.63, 3.8) is 0 Å². The molecule has 0 saturated carbocycles. The summed E-state index contributed by atoms with van der Waals surface area (Å²) in [6.07, 6.45) is 0. The van der Waals surface area contributed by atoms with Crippen LogP contribution in [0.15, 0.2) is 36.4 Å². The number of hydrogen-bond donors (Lipinski definition) is 3. The van der Waals surface area contributed by atoms with Gasteiger partial charge in [0, 0.05) is 12.1 Å². The van der Waals surface area contributed by atoms with E-state index < -0.39 is 5.97 Å². The van der Waals surface area contributed by atoms with E-state index in [-0.39, 0.29) is 17.2 Å². The minimum Gasteiger partial charge on any atom is -0.507 e. The number of aromatic hydroxyl groups is 1. The number of carbonyl (C=O) groups is 2. The van der Waals surface area contributed by atoms with Gasteiger partial charge >= 0.3 is 5.97 Å². The average molecular weight is 267 g/mol. The molecule has 0 saturated heterocycles. The van der Waals surface area contributed by atoms with Crippen LogP contribution in [0.4, 0.5) is 0 Å². The summed E-state index contributed by atoms with van der Waals surface area (Å²) in [5.41, 5.74) is 0.502. The number of nitrogens with one attached hydrogen (secondary N) is 1. The van der Waals surface area contributed by atoms with Crippen LogP contribution >= 0.6 is 0 Å². The fraction of sp³-hybridized carbons (Fsp3) is 0.231. The molecule has 19 heavy (non-hydrogen) atoms. The first-order valence-corrected chi connectivity index (χ1v) is 5.51. The number of amides is 1. The molecule has 1 rings (SSSR count). The van der Waals surface area contributed by atoms with E-state index in [9.17, 15) is 9.59 Å². The maximum atomic E-state index is 10.6. The third-order valence-electron chi connectivity index (χ3n) is 1.93. The molecule has 0 aliphatic heterocycles. The van der Waals surface area contributed by atoms with Gasteiger partial charge in [-0.15, -0.1) is 0 Å². The zero-order valence-corrected chi connectivity index (χ0v) is 10.8. The highest BCUT2D eigenvalue weighted by atomic mass is 17.1. The van der Waals surface area contributed by atoms with E-state index in [1.807, 2.05) is 6.92 Å². The smallest absolute Gasteiger partial charge is 0.376 e. The van der Waals surface area contributed by atoms with Gasteiger partial charge < -0.3 is 10.4 Å². The second-order valence-corrected chi connectivity index (χ2v) is 3.54. The number of phenols is 1. The summed E-state index contributed by atoms with van der Waals surface area (Å²) in [4.78, 5) is 24.6. The van der Waals surface area contributed by atoms with Crippen LogP contribution in [-0.4, -0.2) is 28.8 Å². The molecule has 1 amide bonds. The summed E-state index contributed by atoms with van der Waals surface area (Å²) in [5.74, 6) is -1.25. The first-order valence-electron chi connectivity index (χ1n) is 5.51. The van der Waals surface area contributed by atoms with Crippen molar-refractivity contribution in [3.05, 3.63) is 42.0 Å². The largest absolute Gasteiger partial charge is 0.507 e. The van der Waals surface area contributed by atoms with Crippen LogP contribution in [0.25, 0.3) is 0 Å². The van der Waals surface area contributed by atoms with E-state index in [1.165, 1.54) is 12.1 Å². The molecule has 0 heterocycles. The van der Waals surface area contributed by atoms with Crippen LogP contribution in [-0.2, 0) is 9.68 Å². The average Bonchev–Trinajstić information content (AvgIpc) is 2.39. The molecule has 3 N–H and O–H groups in total. The Balaban J connectivity index is 0.000000362. The third kappa shape index (κ3) is 6.23. The molecule has 6 nitrogen and oxygen atoms in total. The molecule has 0 spiro atoms. The molecule has 0 radical (unpaired) electrons. The minimum absolute atomic E-state index is 0.0602. The van der Waals surface area contributed by atoms with Gasteiger partial charge in [0.25, 0.3) is 0 Å². The topological polar surface area (TPSA) is 95.9 Å². The zero-order chi connectivity index (χ0) is 14.8. The molecule has 104 valence electrons. The summed E-state index contributed by atoms with van der Waals surface area (Å²) in [7, 11) is 0. The van der Waals surface area contributed by atoms with Crippen molar-refractivity contribution in [1.82, 2.24) is 5.32 Å². The lowest BCUT2D eigenvalue weighted by atomic mass is 10.2. The second-order valence-electron chi connectivity index (χ2n) is 3.54. The predicted molar refractivity (Wildman–Crippen MR) is 69.6 cm³/mol. The van der Waals surface area contributed by atoms with Gasteiger partial charge in [-0.25, -0.2) is 4.79 Å². The Hall–Kier alpha value is -2.34. The summed E-state index contributed by atoms with van der Waals surface area (Å²) < 4.78 is 0. The highest BCUT2D eigenvalue weighted by Gasteiger charge is 2.10. The minimum atomic E-state index is -0.969. The van der Waals surface area contributed by atoms with Gasteiger partial charge in [-0.05, 0) is 26.0 Å². The normalized spacial score (nSPS) is 8.79. The number of para-hydroxylation sites is 1. The van der Waals surface area contributed by atoms with Crippen molar-refractivity contribution in [2.75, 3.05) is 6.54 Å². The Morgan fingerprint density at radius 1 is 1.37 bits per heavy atom. The van der Waals surface area contributed by atoms with E-state index in [0.29, 0.717) is 12.1 Å². The Bertz CT molecular complexity index is 456. The molecule has 1 aromatic rings. The maximum absolute atomic E-state index is 10.6. The second kappa shape index (κ2) is 8.71. The van der Waals surface area contributed by atoms with Crippen LogP contribution in [0.5, 0.6) is 5.75 Å². The standard InChI is InChI=1S/C7H6O4.C6H11NO/c8-6-4-2-1-3-5(6)7(9)11-10;1-4-7-6(8)5(2)3/h1-4,8,10H;2,4H2,1,3H3,(H,7,8). The zero-order valence-electron chi connectivity index (χ0n) is 10.8. The number of rotatable bonds is 3. The molecule has 1 aromatic carbocycles. The number of benzene rings is 1. The van der Waals surface area contributed by atoms with Crippen molar-refractivity contribution in [2.24, 2.45) is 0 Å². The van der Waals surface area contributed by atoms with Gasteiger partial charge in [0.2, 0.25) is 5.91 Å². The van der Waals surface area contributed by atoms with E-state index in [1.54, 1.807) is 19.1 Å². The van der Waals surface area contributed by atoms with Crippen LogP contribution in [0.1, 0.15) is 24.2 Å². The predicted octanol–water partition coefficient (Wildman–Crippen LogP) is 1.72. The summed E-state index contributed by atoms with van der Waals surface area (Å²) in [5, 5.41) is 19.6. The van der Waals surface area contributed by atoms with Gasteiger partial charge in [-0.1, -0.05) is 18.7 Å². The SMILES string of the molecule is C=C(C)C(=O)NCC.O=C(OO)c1ccccc1O. The number of carbonyl (C=O) groups excluding carboxylic acids is 2. The molecular weight excluding hydrogens is 250 g/mol. The van der Waals surface area contributed by atoms with Crippen molar-refractivity contribution in [2.45, 2.75) is 13.8 Å². The first kappa shape index (κ1) is 16.7. The monoisotopic (exact) mass is 267 g/mol. The fourth-order valence-electron chi connectivity index (χ4n) is 1.01. The van der Waals surface area contributed by atoms with E-state index in [0.717, 1.165) is 0 Å². The summed E-state index contributed by atoms with van der Waals surface area (Å²) in [6.45, 7) is 7.70. The quantitative estimate of drug-likeness (QED) is 0.440. The molecule has 0 fully saturated rings. The number of phenolic OH excluding ortho intramolecular Hbond substituents is 1. The lowest BCUT2D eigenvalue weighted by molar-refractivity contribution is -0.182. The molecular formula is C13H17NO5. The summed E-state index contributed by atoms with van der Waals surface area (Å²) in [6, 6.07) is 5.77. The Morgan fingerprint density at radius 3 is 2.32 bits per heavy atom. The maximum Gasteiger partial charge on any atom is 0.376 e. The summed E-state index contributed by atoms with van der Waals surface area (Å²) >= 11 is 0. The van der Waals surface area contributed by atoms with Crippen LogP contribution in [0.2, 0.25) is 0 Å². The van der Waals surface area contributed by atoms with Gasteiger partial charge in [0.15, 0.2) is 0 Å². The third-order valence-corrected chi connectivity index (χ3v) is 1.93. The van der Waals surface area contributed by atoms with Gasteiger partial charge in [0.1, 0.15) is 11.3 Å². The highest BCUT2D eigenvalue weighted by Crippen LogP contribution is 2.15. The molecule has 0 aliphatic rings. The molecule has 0 atom stereocenters. The van der Waals surface area contributed by atoms with Gasteiger partial charge in [0.05, 0.1) is 0 Å². The van der Waals surface area contributed by atoms with Crippen molar-refractivity contribution < 1.29 is 24.8 Å². The molecule has 0 unspecified atom stereocenters. The number of hydrogen-bond acceptors (Lipinski definition) is 5. The molecule has 0 bridgehead atoms. The van der Waals surface area contributed by atoms with E-state index in [4.69, 9.17) is 10.4 Å². The Labute approximate surface area is 111 Å². The first-order chi connectivity index (χ1) is 8.93. The van der Waals surface area contributed by atoms with Crippen LogP contribution in [0.3, 0.4) is 0 Å². The van der Waals surface area contributed by atoms with Crippen LogP contribution in [0, 0.1) is 0 Å². The molecule has 0 aliphatic carbocycles. The van der Waals surface area contributed by atoms with E-state index in [2.05, 4.69) is 16.8 Å². The number of likely N-dealkylation sites (N-methyl/N-ethyl adjacent to an activating group) is 1. The highest BCUT2D eigenvalue weighted by molar-refractivity contribution is 5.92. The fourth-order valence-corrected chi connectivity index (χ4v) is 1.01. The van der Waals surface area contributed by atoms with Crippen molar-refractivity contribution in [3.8, 4) is 5.75 Å². The molecule has 6 heteroatoms. The van der Waals surface area contributed by atoms with Crippen molar-refractivity contribution >= 4 is 11.9 Å². The van der Waals surface area contributed by atoms with Gasteiger partial charge in [-0.2, -0.15) is 5.26 Å². The lowest BCUT2D eigenvalue weighted by Gasteiger charge is -1.97. The van der Waals surface area contributed by atoms with Crippen molar-refractivity contribution in [1.29, 1.82) is 0 Å².